The Bertz CT molecular complexity index is 829. The molecule has 5 nitrogen and oxygen atoms in total. The second kappa shape index (κ2) is 10.3. The number of hydrogen-bond acceptors (Lipinski definition) is 3. The Balaban J connectivity index is 0.00000392. The minimum absolute atomic E-state index is 0. The van der Waals surface area contributed by atoms with Gasteiger partial charge in [0.1, 0.15) is 5.82 Å². The second-order valence-electron chi connectivity index (χ2n) is 5.42. The standard InChI is InChI=1S/C18H19F4N3O2.HI/c1-23-17(25-13-6-7-15(26-2)16(9-13)27-3)24-10-11-4-5-12(19)8-14(11)18(20,21)22;/h4-9H,10H2,1-3H3,(H2,23,24,25);1H. The molecule has 28 heavy (non-hydrogen) atoms. The van der Waals surface area contributed by atoms with Crippen LogP contribution in [0.15, 0.2) is 41.4 Å². The number of alkyl halides is 3. The van der Waals surface area contributed by atoms with Crippen molar-refractivity contribution in [1.82, 2.24) is 5.32 Å². The third kappa shape index (κ3) is 6.14. The molecule has 0 unspecified atom stereocenters. The van der Waals surface area contributed by atoms with Gasteiger partial charge in [0.2, 0.25) is 0 Å². The Morgan fingerprint density at radius 1 is 1.04 bits per heavy atom. The fourth-order valence-corrected chi connectivity index (χ4v) is 2.38. The lowest BCUT2D eigenvalue weighted by Gasteiger charge is -2.16. The number of ether oxygens (including phenoxy) is 2. The van der Waals surface area contributed by atoms with Crippen molar-refractivity contribution in [1.29, 1.82) is 0 Å². The molecule has 0 aliphatic heterocycles. The Kier molecular flexibility index (Phi) is 8.79. The van der Waals surface area contributed by atoms with E-state index >= 15 is 0 Å². The third-order valence-corrected chi connectivity index (χ3v) is 3.69. The summed E-state index contributed by atoms with van der Waals surface area (Å²) in [7, 11) is 4.47. The van der Waals surface area contributed by atoms with Gasteiger partial charge >= 0.3 is 6.18 Å². The number of anilines is 1. The van der Waals surface area contributed by atoms with Gasteiger partial charge in [-0.15, -0.1) is 24.0 Å². The lowest BCUT2D eigenvalue weighted by Crippen LogP contribution is -2.31. The molecule has 0 bridgehead atoms. The van der Waals surface area contributed by atoms with E-state index in [9.17, 15) is 17.6 Å². The molecule has 0 aliphatic carbocycles. The lowest BCUT2D eigenvalue weighted by atomic mass is 10.1. The Morgan fingerprint density at radius 2 is 1.71 bits per heavy atom. The zero-order chi connectivity index (χ0) is 20.0. The highest BCUT2D eigenvalue weighted by atomic mass is 127. The molecule has 0 saturated heterocycles. The zero-order valence-corrected chi connectivity index (χ0v) is 17.7. The number of benzene rings is 2. The number of guanidine groups is 1. The van der Waals surface area contributed by atoms with Crippen LogP contribution in [0, 0.1) is 5.82 Å². The first-order valence-electron chi connectivity index (χ1n) is 7.83. The maximum Gasteiger partial charge on any atom is 0.416 e. The monoisotopic (exact) mass is 513 g/mol. The summed E-state index contributed by atoms with van der Waals surface area (Å²) in [6.07, 6.45) is -4.65. The molecule has 154 valence electrons. The number of methoxy groups -OCH3 is 2. The van der Waals surface area contributed by atoms with E-state index in [0.29, 0.717) is 23.3 Å². The van der Waals surface area contributed by atoms with Crippen LogP contribution in [0.3, 0.4) is 0 Å². The average molecular weight is 513 g/mol. The first kappa shape index (κ1) is 23.8. The van der Waals surface area contributed by atoms with Crippen LogP contribution >= 0.6 is 24.0 Å². The van der Waals surface area contributed by atoms with Gasteiger partial charge in [-0.2, -0.15) is 13.2 Å². The van der Waals surface area contributed by atoms with Crippen LogP contribution in [0.5, 0.6) is 11.5 Å². The molecule has 0 amide bonds. The van der Waals surface area contributed by atoms with Gasteiger partial charge in [-0.3, -0.25) is 4.99 Å². The molecule has 0 spiro atoms. The largest absolute Gasteiger partial charge is 0.493 e. The molecule has 0 aliphatic rings. The van der Waals surface area contributed by atoms with Gasteiger partial charge in [0.15, 0.2) is 17.5 Å². The van der Waals surface area contributed by atoms with Gasteiger partial charge in [0, 0.05) is 25.3 Å². The molecule has 0 atom stereocenters. The summed E-state index contributed by atoms with van der Waals surface area (Å²) in [4.78, 5) is 3.97. The zero-order valence-electron chi connectivity index (χ0n) is 15.4. The molecule has 0 radical (unpaired) electrons. The van der Waals surface area contributed by atoms with Gasteiger partial charge < -0.3 is 20.1 Å². The predicted octanol–water partition coefficient (Wildman–Crippen LogP) is 4.67. The molecule has 0 aromatic heterocycles. The van der Waals surface area contributed by atoms with Gasteiger partial charge in [0.05, 0.1) is 19.8 Å². The molecular formula is C18H20F4IN3O2. The molecule has 2 aromatic rings. The number of nitrogens with one attached hydrogen (secondary N) is 2. The molecule has 2 N–H and O–H groups in total. The highest BCUT2D eigenvalue weighted by molar-refractivity contribution is 14.0. The van der Waals surface area contributed by atoms with E-state index in [-0.39, 0.29) is 42.0 Å². The van der Waals surface area contributed by atoms with Crippen molar-refractivity contribution in [2.45, 2.75) is 12.7 Å². The van der Waals surface area contributed by atoms with Crippen LogP contribution in [-0.4, -0.2) is 27.2 Å². The van der Waals surface area contributed by atoms with Crippen LogP contribution in [0.25, 0.3) is 0 Å². The van der Waals surface area contributed by atoms with E-state index < -0.39 is 17.6 Å². The van der Waals surface area contributed by atoms with E-state index in [1.165, 1.54) is 21.3 Å². The maximum absolute atomic E-state index is 13.2. The van der Waals surface area contributed by atoms with Crippen LogP contribution in [0.1, 0.15) is 11.1 Å². The second-order valence-corrected chi connectivity index (χ2v) is 5.42. The van der Waals surface area contributed by atoms with Gasteiger partial charge in [0.25, 0.3) is 0 Å². The summed E-state index contributed by atoms with van der Waals surface area (Å²) < 4.78 is 62.7. The van der Waals surface area contributed by atoms with Crippen molar-refractivity contribution in [2.75, 3.05) is 26.6 Å². The summed E-state index contributed by atoms with van der Waals surface area (Å²) in [6, 6.07) is 7.58. The van der Waals surface area contributed by atoms with Crippen molar-refractivity contribution in [3.63, 3.8) is 0 Å². The highest BCUT2D eigenvalue weighted by Crippen LogP contribution is 2.32. The smallest absolute Gasteiger partial charge is 0.416 e. The number of rotatable bonds is 5. The predicted molar refractivity (Wildman–Crippen MR) is 110 cm³/mol. The molecule has 2 aromatic carbocycles. The molecule has 0 fully saturated rings. The van der Waals surface area contributed by atoms with E-state index in [2.05, 4.69) is 15.6 Å². The highest BCUT2D eigenvalue weighted by Gasteiger charge is 2.33. The van der Waals surface area contributed by atoms with E-state index in [1.54, 1.807) is 18.2 Å². The van der Waals surface area contributed by atoms with Crippen molar-refractivity contribution >= 4 is 35.6 Å². The summed E-state index contributed by atoms with van der Waals surface area (Å²) in [5, 5.41) is 5.72. The molecule has 10 heteroatoms. The number of aliphatic imine (C=N–C) groups is 1. The van der Waals surface area contributed by atoms with Crippen molar-refractivity contribution < 1.29 is 27.0 Å². The fourth-order valence-electron chi connectivity index (χ4n) is 2.38. The Hall–Kier alpha value is -2.24. The number of nitrogens with zero attached hydrogens (tertiary/aromatic N) is 1. The fraction of sp³-hybridized carbons (Fsp3) is 0.278. The van der Waals surface area contributed by atoms with Gasteiger partial charge in [-0.1, -0.05) is 6.07 Å². The summed E-state index contributed by atoms with van der Waals surface area (Å²) >= 11 is 0. The SMILES string of the molecule is CN=C(NCc1ccc(F)cc1C(F)(F)F)Nc1ccc(OC)c(OC)c1.I. The molecular weight excluding hydrogens is 493 g/mol. The normalized spacial score (nSPS) is 11.5. The van der Waals surface area contributed by atoms with Gasteiger partial charge in [-0.25, -0.2) is 4.39 Å². The summed E-state index contributed by atoms with van der Waals surface area (Å²) in [6.45, 7) is -0.192. The van der Waals surface area contributed by atoms with Crippen molar-refractivity contribution in [3.05, 3.63) is 53.3 Å². The first-order valence-corrected chi connectivity index (χ1v) is 7.83. The quantitative estimate of drug-likeness (QED) is 0.264. The average Bonchev–Trinajstić information content (AvgIpc) is 2.64. The van der Waals surface area contributed by atoms with Crippen LogP contribution in [0.2, 0.25) is 0 Å². The summed E-state index contributed by atoms with van der Waals surface area (Å²) in [5.74, 6) is 0.307. The third-order valence-electron chi connectivity index (χ3n) is 3.69. The summed E-state index contributed by atoms with van der Waals surface area (Å²) in [5.41, 5.74) is -0.536. The number of halogens is 5. The van der Waals surface area contributed by atoms with Crippen molar-refractivity contribution in [3.8, 4) is 11.5 Å². The maximum atomic E-state index is 13.2. The number of hydrogen-bond donors (Lipinski definition) is 2. The Morgan fingerprint density at radius 3 is 2.29 bits per heavy atom. The van der Waals surface area contributed by atoms with E-state index in [4.69, 9.17) is 9.47 Å². The van der Waals surface area contributed by atoms with Crippen LogP contribution < -0.4 is 20.1 Å². The van der Waals surface area contributed by atoms with Crippen molar-refractivity contribution in [2.24, 2.45) is 4.99 Å². The Labute approximate surface area is 177 Å². The topological polar surface area (TPSA) is 54.9 Å². The first-order chi connectivity index (χ1) is 12.8. The van der Waals surface area contributed by atoms with Crippen LogP contribution in [-0.2, 0) is 12.7 Å². The molecule has 2 rings (SSSR count). The van der Waals surface area contributed by atoms with E-state index in [1.807, 2.05) is 0 Å². The van der Waals surface area contributed by atoms with E-state index in [0.717, 1.165) is 12.1 Å². The minimum atomic E-state index is -4.65. The lowest BCUT2D eigenvalue weighted by molar-refractivity contribution is -0.138. The molecule has 0 saturated carbocycles. The minimum Gasteiger partial charge on any atom is -0.493 e. The molecule has 0 heterocycles. The van der Waals surface area contributed by atoms with Crippen LogP contribution in [0.4, 0.5) is 23.2 Å². The van der Waals surface area contributed by atoms with Gasteiger partial charge in [-0.05, 0) is 29.8 Å².